The lowest BCUT2D eigenvalue weighted by atomic mass is 10.1. The number of hydrogen-bond acceptors (Lipinski definition) is 3. The molecule has 1 aromatic heterocycles. The second kappa shape index (κ2) is 3.64. The largest absolute Gasteiger partial charge is 0.385 e. The minimum absolute atomic E-state index is 0.172. The zero-order valence-corrected chi connectivity index (χ0v) is 7.10. The number of ketones is 1. The highest BCUT2D eigenvalue weighted by Crippen LogP contribution is 2.09. The molecule has 1 atom stereocenters. The first-order valence-electron chi connectivity index (χ1n) is 3.50. The van der Waals surface area contributed by atoms with Crippen molar-refractivity contribution in [3.05, 3.63) is 22.4 Å². The van der Waals surface area contributed by atoms with E-state index in [1.165, 1.54) is 11.3 Å². The minimum Gasteiger partial charge on any atom is -0.385 e. The molecule has 11 heavy (non-hydrogen) atoms. The molecule has 3 heteroatoms. The van der Waals surface area contributed by atoms with Gasteiger partial charge in [0.1, 0.15) is 6.10 Å². The molecule has 1 rings (SSSR count). The van der Waals surface area contributed by atoms with Crippen molar-refractivity contribution in [2.24, 2.45) is 0 Å². The van der Waals surface area contributed by atoms with Crippen molar-refractivity contribution in [2.45, 2.75) is 19.4 Å². The van der Waals surface area contributed by atoms with Gasteiger partial charge in [-0.15, -0.1) is 0 Å². The summed E-state index contributed by atoms with van der Waals surface area (Å²) in [5.41, 5.74) is 0.615. The Morgan fingerprint density at radius 3 is 3.00 bits per heavy atom. The Labute approximate surface area is 69.5 Å². The Balaban J connectivity index is 2.70. The first kappa shape index (κ1) is 8.43. The molecule has 0 amide bonds. The maximum atomic E-state index is 11.2. The average Bonchev–Trinajstić information content (AvgIpc) is 2.53. The van der Waals surface area contributed by atoms with Gasteiger partial charge in [0.05, 0.1) is 0 Å². The molecule has 0 aliphatic carbocycles. The summed E-state index contributed by atoms with van der Waals surface area (Å²) < 4.78 is 0. The third-order valence-corrected chi connectivity index (χ3v) is 2.18. The number of hydrogen-bond donors (Lipinski definition) is 1. The Hall–Kier alpha value is -0.670. The van der Waals surface area contributed by atoms with E-state index in [-0.39, 0.29) is 5.78 Å². The summed E-state index contributed by atoms with van der Waals surface area (Å²) in [7, 11) is 0. The fraction of sp³-hybridized carbons (Fsp3) is 0.375. The molecule has 0 saturated heterocycles. The number of Topliss-reactive ketones (excluding diaryl/α,β-unsaturated/α-hetero) is 1. The molecular weight excluding hydrogens is 160 g/mol. The molecule has 0 bridgehead atoms. The van der Waals surface area contributed by atoms with Crippen molar-refractivity contribution in [3.63, 3.8) is 0 Å². The molecule has 0 aliphatic heterocycles. The van der Waals surface area contributed by atoms with Crippen LogP contribution in [0.5, 0.6) is 0 Å². The molecule has 1 unspecified atom stereocenters. The third kappa shape index (κ3) is 1.88. The number of carbonyl (C=O) groups is 1. The van der Waals surface area contributed by atoms with Gasteiger partial charge in [-0.05, 0) is 17.9 Å². The smallest absolute Gasteiger partial charge is 0.192 e. The summed E-state index contributed by atoms with van der Waals surface area (Å²) in [5.74, 6) is -0.172. The lowest BCUT2D eigenvalue weighted by Crippen LogP contribution is -2.18. The molecule has 0 radical (unpaired) electrons. The monoisotopic (exact) mass is 170 g/mol. The molecule has 2 nitrogen and oxygen atoms in total. The molecule has 1 N–H and O–H groups in total. The molecular formula is C8H10O2S. The molecule has 60 valence electrons. The van der Waals surface area contributed by atoms with E-state index < -0.39 is 6.10 Å². The molecule has 1 aromatic rings. The summed E-state index contributed by atoms with van der Waals surface area (Å²) >= 11 is 1.46. The molecule has 0 aromatic carbocycles. The normalized spacial score (nSPS) is 12.9. The number of aliphatic hydroxyl groups is 1. The predicted molar refractivity (Wildman–Crippen MR) is 44.9 cm³/mol. The van der Waals surface area contributed by atoms with Crippen molar-refractivity contribution in [1.29, 1.82) is 0 Å². The summed E-state index contributed by atoms with van der Waals surface area (Å²) in [4.78, 5) is 11.2. The van der Waals surface area contributed by atoms with Crippen LogP contribution < -0.4 is 0 Å². The fourth-order valence-electron chi connectivity index (χ4n) is 0.782. The van der Waals surface area contributed by atoms with Crippen LogP contribution in [-0.2, 0) is 0 Å². The molecule has 0 saturated carbocycles. The topological polar surface area (TPSA) is 37.3 Å². The van der Waals surface area contributed by atoms with E-state index in [1.54, 1.807) is 18.4 Å². The van der Waals surface area contributed by atoms with Gasteiger partial charge in [0, 0.05) is 10.9 Å². The quantitative estimate of drug-likeness (QED) is 0.701. The van der Waals surface area contributed by atoms with Gasteiger partial charge in [-0.25, -0.2) is 0 Å². The first-order valence-corrected chi connectivity index (χ1v) is 4.44. The van der Waals surface area contributed by atoms with Crippen molar-refractivity contribution >= 4 is 17.1 Å². The van der Waals surface area contributed by atoms with E-state index in [1.807, 2.05) is 5.38 Å². The maximum absolute atomic E-state index is 11.2. The highest BCUT2D eigenvalue weighted by molar-refractivity contribution is 7.08. The Morgan fingerprint density at radius 2 is 2.55 bits per heavy atom. The Morgan fingerprint density at radius 1 is 1.82 bits per heavy atom. The van der Waals surface area contributed by atoms with Crippen LogP contribution in [0.25, 0.3) is 0 Å². The minimum atomic E-state index is -0.829. The van der Waals surface area contributed by atoms with Crippen LogP contribution >= 0.6 is 11.3 Å². The van der Waals surface area contributed by atoms with Crippen LogP contribution in [0.2, 0.25) is 0 Å². The van der Waals surface area contributed by atoms with Gasteiger partial charge in [-0.1, -0.05) is 6.92 Å². The second-order valence-electron chi connectivity index (χ2n) is 2.30. The number of rotatable bonds is 3. The summed E-state index contributed by atoms with van der Waals surface area (Å²) in [6.07, 6.45) is -0.348. The molecule has 0 spiro atoms. The highest BCUT2D eigenvalue weighted by atomic mass is 32.1. The zero-order chi connectivity index (χ0) is 8.27. The molecule has 0 fully saturated rings. The number of thiophene rings is 1. The highest BCUT2D eigenvalue weighted by Gasteiger charge is 2.14. The lowest BCUT2D eigenvalue weighted by molar-refractivity contribution is 0.0741. The van der Waals surface area contributed by atoms with Crippen LogP contribution in [0.4, 0.5) is 0 Å². The van der Waals surface area contributed by atoms with E-state index in [9.17, 15) is 4.79 Å². The fourth-order valence-corrected chi connectivity index (χ4v) is 1.43. The van der Waals surface area contributed by atoms with Gasteiger partial charge in [-0.2, -0.15) is 11.3 Å². The van der Waals surface area contributed by atoms with Crippen LogP contribution in [0.15, 0.2) is 16.8 Å². The van der Waals surface area contributed by atoms with E-state index in [2.05, 4.69) is 0 Å². The summed E-state index contributed by atoms with van der Waals surface area (Å²) in [6, 6.07) is 1.73. The van der Waals surface area contributed by atoms with Gasteiger partial charge < -0.3 is 5.11 Å². The lowest BCUT2D eigenvalue weighted by Gasteiger charge is -2.02. The van der Waals surface area contributed by atoms with Gasteiger partial charge >= 0.3 is 0 Å². The zero-order valence-electron chi connectivity index (χ0n) is 6.28. The van der Waals surface area contributed by atoms with Crippen LogP contribution in [0, 0.1) is 0 Å². The second-order valence-corrected chi connectivity index (χ2v) is 3.08. The van der Waals surface area contributed by atoms with Gasteiger partial charge in [0.25, 0.3) is 0 Å². The predicted octanol–water partition coefficient (Wildman–Crippen LogP) is 1.70. The van der Waals surface area contributed by atoms with Crippen molar-refractivity contribution < 1.29 is 9.90 Å². The van der Waals surface area contributed by atoms with Crippen molar-refractivity contribution in [1.82, 2.24) is 0 Å². The SMILES string of the molecule is CCC(O)C(=O)c1ccsc1. The van der Waals surface area contributed by atoms with Gasteiger partial charge in [0.15, 0.2) is 5.78 Å². The van der Waals surface area contributed by atoms with Crippen molar-refractivity contribution in [2.75, 3.05) is 0 Å². The van der Waals surface area contributed by atoms with E-state index in [0.717, 1.165) is 0 Å². The summed E-state index contributed by atoms with van der Waals surface area (Å²) in [6.45, 7) is 1.79. The maximum Gasteiger partial charge on any atom is 0.192 e. The molecule has 0 aliphatic rings. The standard InChI is InChI=1S/C8H10O2S/c1-2-7(9)8(10)6-3-4-11-5-6/h3-5,7,9H,2H2,1H3. The van der Waals surface area contributed by atoms with Crippen molar-refractivity contribution in [3.8, 4) is 0 Å². The average molecular weight is 170 g/mol. The van der Waals surface area contributed by atoms with E-state index >= 15 is 0 Å². The van der Waals surface area contributed by atoms with Gasteiger partial charge in [0.2, 0.25) is 0 Å². The molecule has 1 heterocycles. The Bertz CT molecular complexity index is 228. The Kier molecular flexibility index (Phi) is 2.79. The summed E-state index contributed by atoms with van der Waals surface area (Å²) in [5, 5.41) is 12.7. The first-order chi connectivity index (χ1) is 5.25. The van der Waals surface area contributed by atoms with Crippen LogP contribution in [0.1, 0.15) is 23.7 Å². The van der Waals surface area contributed by atoms with Gasteiger partial charge in [-0.3, -0.25) is 4.79 Å². The van der Waals surface area contributed by atoms with Crippen LogP contribution in [0.3, 0.4) is 0 Å². The van der Waals surface area contributed by atoms with Crippen LogP contribution in [-0.4, -0.2) is 17.0 Å². The van der Waals surface area contributed by atoms with E-state index in [0.29, 0.717) is 12.0 Å². The number of carbonyl (C=O) groups excluding carboxylic acids is 1. The third-order valence-electron chi connectivity index (χ3n) is 1.50. The number of aliphatic hydroxyl groups excluding tert-OH is 1. The van der Waals surface area contributed by atoms with E-state index in [4.69, 9.17) is 5.11 Å².